The van der Waals surface area contributed by atoms with E-state index in [4.69, 9.17) is 23.2 Å². The molecule has 1 N–H and O–H groups in total. The van der Waals surface area contributed by atoms with Gasteiger partial charge in [0, 0.05) is 23.7 Å². The van der Waals surface area contributed by atoms with Crippen LogP contribution in [0.25, 0.3) is 0 Å². The molecule has 0 aliphatic heterocycles. The van der Waals surface area contributed by atoms with Gasteiger partial charge in [0.2, 0.25) is 0 Å². The van der Waals surface area contributed by atoms with Crippen molar-refractivity contribution < 1.29 is 4.92 Å². The molecule has 0 heterocycles. The molecule has 0 bridgehead atoms. The molecule has 0 aliphatic rings. The Kier molecular flexibility index (Phi) is 4.47. The standard InChI is InChI=1S/C14H12Cl2N2O2/c1-9-6-11(15)3-2-10(9)8-17-14-7-12(18(19)20)4-5-13(14)16/h2-7,17H,8H2,1H3. The third-order valence-corrected chi connectivity index (χ3v) is 3.50. The predicted octanol–water partition coefficient (Wildman–Crippen LogP) is 4.82. The first-order chi connectivity index (χ1) is 9.47. The molecule has 0 spiro atoms. The van der Waals surface area contributed by atoms with Crippen LogP contribution in [-0.4, -0.2) is 4.92 Å². The molecular formula is C14H12Cl2N2O2. The largest absolute Gasteiger partial charge is 0.380 e. The summed E-state index contributed by atoms with van der Waals surface area (Å²) in [6.45, 7) is 2.47. The van der Waals surface area contributed by atoms with Crippen molar-refractivity contribution in [3.05, 3.63) is 67.7 Å². The van der Waals surface area contributed by atoms with Crippen LogP contribution >= 0.6 is 23.2 Å². The lowest BCUT2D eigenvalue weighted by Crippen LogP contribution is -2.02. The summed E-state index contributed by atoms with van der Waals surface area (Å²) in [6, 6.07) is 9.90. The van der Waals surface area contributed by atoms with E-state index in [9.17, 15) is 10.1 Å². The van der Waals surface area contributed by atoms with Gasteiger partial charge in [-0.1, -0.05) is 29.3 Å². The average molecular weight is 311 g/mol. The van der Waals surface area contributed by atoms with Gasteiger partial charge in [-0.05, 0) is 36.2 Å². The van der Waals surface area contributed by atoms with E-state index >= 15 is 0 Å². The van der Waals surface area contributed by atoms with Crippen molar-refractivity contribution in [1.29, 1.82) is 0 Å². The second kappa shape index (κ2) is 6.11. The van der Waals surface area contributed by atoms with E-state index in [1.54, 1.807) is 6.07 Å². The van der Waals surface area contributed by atoms with Crippen molar-refractivity contribution in [1.82, 2.24) is 0 Å². The first-order valence-corrected chi connectivity index (χ1v) is 6.66. The fourth-order valence-electron chi connectivity index (χ4n) is 1.81. The van der Waals surface area contributed by atoms with Gasteiger partial charge in [-0.2, -0.15) is 0 Å². The summed E-state index contributed by atoms with van der Waals surface area (Å²) in [4.78, 5) is 10.3. The number of aryl methyl sites for hydroxylation is 1. The molecule has 0 saturated heterocycles. The summed E-state index contributed by atoms with van der Waals surface area (Å²) in [5.41, 5.74) is 2.64. The fraction of sp³-hybridized carbons (Fsp3) is 0.143. The number of nitro groups is 1. The van der Waals surface area contributed by atoms with Crippen molar-refractivity contribution >= 4 is 34.6 Å². The predicted molar refractivity (Wildman–Crippen MR) is 81.6 cm³/mol. The van der Waals surface area contributed by atoms with Crippen molar-refractivity contribution in [2.45, 2.75) is 13.5 Å². The molecule has 0 saturated carbocycles. The normalized spacial score (nSPS) is 10.3. The molecule has 20 heavy (non-hydrogen) atoms. The Balaban J connectivity index is 2.18. The highest BCUT2D eigenvalue weighted by molar-refractivity contribution is 6.33. The van der Waals surface area contributed by atoms with E-state index in [1.165, 1.54) is 18.2 Å². The number of hydrogen-bond donors (Lipinski definition) is 1. The Bertz CT molecular complexity index is 660. The Morgan fingerprint density at radius 2 is 1.95 bits per heavy atom. The summed E-state index contributed by atoms with van der Waals surface area (Å²) in [6.07, 6.45) is 0. The SMILES string of the molecule is Cc1cc(Cl)ccc1CNc1cc([N+](=O)[O-])ccc1Cl. The third kappa shape index (κ3) is 3.40. The number of halogens is 2. The van der Waals surface area contributed by atoms with Crippen LogP contribution < -0.4 is 5.32 Å². The summed E-state index contributed by atoms with van der Waals surface area (Å²) < 4.78 is 0. The van der Waals surface area contributed by atoms with Gasteiger partial charge >= 0.3 is 0 Å². The number of nitrogens with one attached hydrogen (secondary N) is 1. The zero-order valence-corrected chi connectivity index (χ0v) is 12.2. The number of hydrogen-bond acceptors (Lipinski definition) is 3. The minimum atomic E-state index is -0.449. The number of anilines is 1. The zero-order chi connectivity index (χ0) is 14.7. The molecule has 0 atom stereocenters. The van der Waals surface area contributed by atoms with Crippen LogP contribution in [0.15, 0.2) is 36.4 Å². The Hall–Kier alpha value is -1.78. The summed E-state index contributed by atoms with van der Waals surface area (Å²) in [5.74, 6) is 0. The average Bonchev–Trinajstić information content (AvgIpc) is 2.39. The van der Waals surface area contributed by atoms with Crippen LogP contribution in [-0.2, 0) is 6.54 Å². The summed E-state index contributed by atoms with van der Waals surface area (Å²) in [5, 5.41) is 15.0. The van der Waals surface area contributed by atoms with Crippen molar-refractivity contribution in [3.8, 4) is 0 Å². The van der Waals surface area contributed by atoms with E-state index in [2.05, 4.69) is 5.32 Å². The highest BCUT2D eigenvalue weighted by Gasteiger charge is 2.09. The zero-order valence-electron chi connectivity index (χ0n) is 10.7. The number of nitrogens with zero attached hydrogens (tertiary/aromatic N) is 1. The van der Waals surface area contributed by atoms with Crippen LogP contribution in [0.3, 0.4) is 0 Å². The molecule has 0 aliphatic carbocycles. The van der Waals surface area contributed by atoms with E-state index in [0.717, 1.165) is 11.1 Å². The second-order valence-electron chi connectivity index (χ2n) is 4.35. The van der Waals surface area contributed by atoms with Crippen LogP contribution in [0.4, 0.5) is 11.4 Å². The van der Waals surface area contributed by atoms with Gasteiger partial charge in [0.05, 0.1) is 15.6 Å². The van der Waals surface area contributed by atoms with Gasteiger partial charge in [-0.25, -0.2) is 0 Å². The molecule has 2 aromatic carbocycles. The summed E-state index contributed by atoms with van der Waals surface area (Å²) in [7, 11) is 0. The molecule has 0 unspecified atom stereocenters. The van der Waals surface area contributed by atoms with Crippen LogP contribution in [0, 0.1) is 17.0 Å². The maximum absolute atomic E-state index is 10.8. The van der Waals surface area contributed by atoms with Crippen molar-refractivity contribution in [3.63, 3.8) is 0 Å². The van der Waals surface area contributed by atoms with Gasteiger partial charge in [-0.3, -0.25) is 10.1 Å². The Labute approximate surface area is 126 Å². The second-order valence-corrected chi connectivity index (χ2v) is 5.19. The van der Waals surface area contributed by atoms with Gasteiger partial charge in [0.25, 0.3) is 5.69 Å². The molecule has 4 nitrogen and oxygen atoms in total. The third-order valence-electron chi connectivity index (χ3n) is 2.93. The van der Waals surface area contributed by atoms with E-state index in [0.29, 0.717) is 22.3 Å². The molecule has 2 rings (SSSR count). The molecule has 0 fully saturated rings. The lowest BCUT2D eigenvalue weighted by molar-refractivity contribution is -0.384. The minimum absolute atomic E-state index is 0.00438. The lowest BCUT2D eigenvalue weighted by Gasteiger charge is -2.10. The topological polar surface area (TPSA) is 55.2 Å². The van der Waals surface area contributed by atoms with Gasteiger partial charge in [0.1, 0.15) is 0 Å². The number of nitro benzene ring substituents is 1. The lowest BCUT2D eigenvalue weighted by atomic mass is 10.1. The van der Waals surface area contributed by atoms with E-state index in [-0.39, 0.29) is 5.69 Å². The molecule has 6 heteroatoms. The highest BCUT2D eigenvalue weighted by Crippen LogP contribution is 2.27. The molecular weight excluding hydrogens is 299 g/mol. The van der Waals surface area contributed by atoms with E-state index in [1.807, 2.05) is 19.1 Å². The van der Waals surface area contributed by atoms with Crippen LogP contribution in [0.2, 0.25) is 10.0 Å². The Morgan fingerprint density at radius 3 is 2.60 bits per heavy atom. The van der Waals surface area contributed by atoms with Crippen LogP contribution in [0.5, 0.6) is 0 Å². The quantitative estimate of drug-likeness (QED) is 0.650. The minimum Gasteiger partial charge on any atom is -0.380 e. The van der Waals surface area contributed by atoms with Gasteiger partial charge < -0.3 is 5.32 Å². The summed E-state index contributed by atoms with van der Waals surface area (Å²) >= 11 is 11.9. The number of non-ortho nitro benzene ring substituents is 1. The number of rotatable bonds is 4. The van der Waals surface area contributed by atoms with E-state index < -0.39 is 4.92 Å². The molecule has 0 amide bonds. The maximum Gasteiger partial charge on any atom is 0.271 e. The first-order valence-electron chi connectivity index (χ1n) is 5.90. The molecule has 0 radical (unpaired) electrons. The molecule has 104 valence electrons. The monoisotopic (exact) mass is 310 g/mol. The van der Waals surface area contributed by atoms with Gasteiger partial charge in [0.15, 0.2) is 0 Å². The molecule has 2 aromatic rings. The maximum atomic E-state index is 10.8. The molecule has 0 aromatic heterocycles. The van der Waals surface area contributed by atoms with Crippen LogP contribution in [0.1, 0.15) is 11.1 Å². The fourth-order valence-corrected chi connectivity index (χ4v) is 2.22. The Morgan fingerprint density at radius 1 is 1.20 bits per heavy atom. The number of benzene rings is 2. The highest BCUT2D eigenvalue weighted by atomic mass is 35.5. The van der Waals surface area contributed by atoms with Gasteiger partial charge in [-0.15, -0.1) is 0 Å². The smallest absolute Gasteiger partial charge is 0.271 e. The van der Waals surface area contributed by atoms with Crippen molar-refractivity contribution in [2.24, 2.45) is 0 Å². The van der Waals surface area contributed by atoms with Crippen molar-refractivity contribution in [2.75, 3.05) is 5.32 Å². The first kappa shape index (κ1) is 14.6.